The summed E-state index contributed by atoms with van der Waals surface area (Å²) in [6, 6.07) is 5.14. The molecule has 1 aliphatic carbocycles. The quantitative estimate of drug-likeness (QED) is 0.500. The summed E-state index contributed by atoms with van der Waals surface area (Å²) in [6.45, 7) is 0. The number of aliphatic hydroxyl groups is 1. The SMILES string of the molecule is O=C(O)C(O)c1ccc(-c2ncc(Cl)c(Nc3cc(C4CC4)[nH]n3)n2)s1.[HH].[HH]. The number of carbonyl (C=O) groups is 1. The minimum atomic E-state index is -1.57. The molecule has 0 radical (unpaired) electrons. The van der Waals surface area contributed by atoms with Gasteiger partial charge in [0, 0.05) is 25.4 Å². The first-order chi connectivity index (χ1) is 12.5. The lowest BCUT2D eigenvalue weighted by Crippen LogP contribution is -2.08. The van der Waals surface area contributed by atoms with Crippen LogP contribution >= 0.6 is 22.9 Å². The Bertz CT molecular complexity index is 979. The number of rotatable bonds is 6. The molecule has 3 heterocycles. The van der Waals surface area contributed by atoms with Crippen LogP contribution in [0.5, 0.6) is 0 Å². The van der Waals surface area contributed by atoms with Crippen molar-refractivity contribution < 1.29 is 17.9 Å². The second-order valence-corrected chi connectivity index (χ2v) is 7.46. The first-order valence-corrected chi connectivity index (χ1v) is 9.06. The van der Waals surface area contributed by atoms with Crippen molar-refractivity contribution in [3.8, 4) is 10.7 Å². The molecular formula is C16H18ClN5O3S. The van der Waals surface area contributed by atoms with E-state index in [0.717, 1.165) is 17.0 Å². The number of H-pyrrole nitrogens is 1. The first kappa shape index (κ1) is 17.0. The number of carboxylic acid groups (broad SMARTS) is 1. The van der Waals surface area contributed by atoms with E-state index in [9.17, 15) is 9.90 Å². The number of carboxylic acids is 1. The maximum atomic E-state index is 10.9. The van der Waals surface area contributed by atoms with Gasteiger partial charge in [-0.3, -0.25) is 5.10 Å². The van der Waals surface area contributed by atoms with Crippen LogP contribution in [0.25, 0.3) is 10.7 Å². The molecule has 0 aromatic carbocycles. The van der Waals surface area contributed by atoms with Crippen LogP contribution in [0, 0.1) is 0 Å². The molecule has 0 aliphatic heterocycles. The third kappa shape index (κ3) is 3.41. The fraction of sp³-hybridized carbons (Fsp3) is 0.250. The average molecular weight is 396 g/mol. The highest BCUT2D eigenvalue weighted by Crippen LogP contribution is 2.40. The third-order valence-electron chi connectivity index (χ3n) is 3.96. The minimum Gasteiger partial charge on any atom is -0.479 e. The minimum absolute atomic E-state index is 0. The number of anilines is 2. The van der Waals surface area contributed by atoms with Gasteiger partial charge in [-0.2, -0.15) is 5.10 Å². The molecular weight excluding hydrogens is 378 g/mol. The Morgan fingerprint density at radius 3 is 3.00 bits per heavy atom. The molecule has 0 spiro atoms. The van der Waals surface area contributed by atoms with Gasteiger partial charge in [-0.15, -0.1) is 11.3 Å². The van der Waals surface area contributed by atoms with Gasteiger partial charge in [0.2, 0.25) is 0 Å². The fourth-order valence-corrected chi connectivity index (χ4v) is 3.51. The summed E-state index contributed by atoms with van der Waals surface area (Å²) < 4.78 is 0. The Morgan fingerprint density at radius 2 is 2.27 bits per heavy atom. The number of aliphatic carboxylic acids is 1. The molecule has 4 rings (SSSR count). The molecule has 3 aromatic rings. The van der Waals surface area contributed by atoms with Crippen molar-refractivity contribution in [2.45, 2.75) is 24.9 Å². The Kier molecular flexibility index (Phi) is 4.35. The molecule has 3 aromatic heterocycles. The largest absolute Gasteiger partial charge is 0.479 e. The number of aliphatic hydroxyl groups excluding tert-OH is 1. The summed E-state index contributed by atoms with van der Waals surface area (Å²) in [4.78, 5) is 20.4. The van der Waals surface area contributed by atoms with E-state index < -0.39 is 12.1 Å². The van der Waals surface area contributed by atoms with E-state index in [0.29, 0.717) is 38.2 Å². The van der Waals surface area contributed by atoms with Crippen LogP contribution in [0.3, 0.4) is 0 Å². The number of halogens is 1. The highest BCUT2D eigenvalue weighted by molar-refractivity contribution is 7.15. The zero-order chi connectivity index (χ0) is 18.3. The predicted octanol–water partition coefficient (Wildman–Crippen LogP) is 3.81. The van der Waals surface area contributed by atoms with Crippen molar-refractivity contribution in [1.29, 1.82) is 0 Å². The van der Waals surface area contributed by atoms with E-state index >= 15 is 0 Å². The van der Waals surface area contributed by atoms with Gasteiger partial charge >= 0.3 is 5.97 Å². The predicted molar refractivity (Wildman–Crippen MR) is 101 cm³/mol. The van der Waals surface area contributed by atoms with Crippen LogP contribution in [0.1, 0.15) is 38.3 Å². The number of aromatic nitrogens is 4. The maximum absolute atomic E-state index is 10.9. The van der Waals surface area contributed by atoms with Crippen molar-refractivity contribution in [3.63, 3.8) is 0 Å². The molecule has 1 unspecified atom stereocenters. The Balaban J connectivity index is 0.00000140. The topological polar surface area (TPSA) is 124 Å². The van der Waals surface area contributed by atoms with Crippen molar-refractivity contribution >= 4 is 40.5 Å². The summed E-state index contributed by atoms with van der Waals surface area (Å²) in [5.74, 6) is 0.650. The lowest BCUT2D eigenvalue weighted by Gasteiger charge is -2.06. The summed E-state index contributed by atoms with van der Waals surface area (Å²) in [5.41, 5.74) is 1.09. The van der Waals surface area contributed by atoms with E-state index in [1.807, 2.05) is 6.07 Å². The molecule has 8 nitrogen and oxygen atoms in total. The summed E-state index contributed by atoms with van der Waals surface area (Å²) >= 11 is 7.28. The number of hydrogen-bond acceptors (Lipinski definition) is 7. The molecule has 138 valence electrons. The number of aromatic amines is 1. The molecule has 1 aliphatic rings. The number of nitrogens with zero attached hydrogens (tertiary/aromatic N) is 3. The van der Waals surface area contributed by atoms with Gasteiger partial charge in [-0.1, -0.05) is 11.6 Å². The van der Waals surface area contributed by atoms with Gasteiger partial charge in [0.15, 0.2) is 23.6 Å². The van der Waals surface area contributed by atoms with E-state index in [4.69, 9.17) is 16.7 Å². The summed E-state index contributed by atoms with van der Waals surface area (Å²) in [6.07, 6.45) is 2.24. The van der Waals surface area contributed by atoms with Crippen molar-refractivity contribution in [2.75, 3.05) is 5.32 Å². The molecule has 4 N–H and O–H groups in total. The zero-order valence-electron chi connectivity index (χ0n) is 13.3. The third-order valence-corrected chi connectivity index (χ3v) is 5.37. The number of nitrogens with one attached hydrogen (secondary N) is 2. The molecule has 0 saturated heterocycles. The second kappa shape index (κ2) is 6.67. The van der Waals surface area contributed by atoms with E-state index in [1.165, 1.54) is 19.0 Å². The monoisotopic (exact) mass is 395 g/mol. The van der Waals surface area contributed by atoms with E-state index in [-0.39, 0.29) is 2.85 Å². The molecule has 1 atom stereocenters. The van der Waals surface area contributed by atoms with Gasteiger partial charge in [0.1, 0.15) is 5.02 Å². The van der Waals surface area contributed by atoms with Crippen LogP contribution in [0.15, 0.2) is 24.4 Å². The molecule has 26 heavy (non-hydrogen) atoms. The van der Waals surface area contributed by atoms with Crippen LogP contribution in [-0.4, -0.2) is 36.3 Å². The van der Waals surface area contributed by atoms with Crippen LogP contribution in [-0.2, 0) is 4.79 Å². The highest BCUT2D eigenvalue weighted by Gasteiger charge is 2.25. The fourth-order valence-electron chi connectivity index (χ4n) is 2.44. The highest BCUT2D eigenvalue weighted by atomic mass is 35.5. The van der Waals surface area contributed by atoms with Gasteiger partial charge in [0.05, 0.1) is 11.1 Å². The summed E-state index contributed by atoms with van der Waals surface area (Å²) in [5, 5.41) is 29.1. The summed E-state index contributed by atoms with van der Waals surface area (Å²) in [7, 11) is 0. The Hall–Kier alpha value is -2.49. The van der Waals surface area contributed by atoms with Crippen molar-refractivity contribution in [1.82, 2.24) is 20.2 Å². The van der Waals surface area contributed by atoms with Crippen LogP contribution in [0.4, 0.5) is 11.6 Å². The van der Waals surface area contributed by atoms with Crippen molar-refractivity contribution in [3.05, 3.63) is 40.0 Å². The standard InChI is InChI=1S/C16H14ClN5O3S.2H2/c17-8-6-18-15(11-4-3-10(26-11)13(23)16(24)25)20-14(8)19-12-5-9(21-22-12)7-1-2-7;;/h3-7,13,23H,1-2H2,(H,24,25)(H2,18,19,20,21,22);2*1H. The van der Waals surface area contributed by atoms with Gasteiger partial charge < -0.3 is 15.5 Å². The van der Waals surface area contributed by atoms with Gasteiger partial charge in [0.25, 0.3) is 0 Å². The van der Waals surface area contributed by atoms with Crippen molar-refractivity contribution in [2.24, 2.45) is 0 Å². The molecule has 1 saturated carbocycles. The number of hydrogen-bond donors (Lipinski definition) is 4. The van der Waals surface area contributed by atoms with Crippen LogP contribution < -0.4 is 5.32 Å². The molecule has 1 fully saturated rings. The Labute approximate surface area is 159 Å². The lowest BCUT2D eigenvalue weighted by molar-refractivity contribution is -0.146. The van der Waals surface area contributed by atoms with E-state index in [2.05, 4.69) is 25.5 Å². The van der Waals surface area contributed by atoms with Gasteiger partial charge in [-0.05, 0) is 25.0 Å². The van der Waals surface area contributed by atoms with Crippen LogP contribution in [0.2, 0.25) is 5.02 Å². The second-order valence-electron chi connectivity index (χ2n) is 5.94. The normalized spacial score (nSPS) is 15.0. The first-order valence-electron chi connectivity index (χ1n) is 7.87. The maximum Gasteiger partial charge on any atom is 0.338 e. The average Bonchev–Trinajstić information content (AvgIpc) is 3.17. The zero-order valence-corrected chi connectivity index (χ0v) is 14.9. The number of thiophene rings is 1. The smallest absolute Gasteiger partial charge is 0.338 e. The molecule has 0 amide bonds. The molecule has 10 heteroatoms. The van der Waals surface area contributed by atoms with Gasteiger partial charge in [-0.25, -0.2) is 14.8 Å². The Morgan fingerprint density at radius 1 is 1.46 bits per heavy atom. The molecule has 0 bridgehead atoms. The lowest BCUT2D eigenvalue weighted by atomic mass is 10.3. The van der Waals surface area contributed by atoms with E-state index in [1.54, 1.807) is 12.1 Å².